The number of piperidine rings is 1. The van der Waals surface area contributed by atoms with Gasteiger partial charge in [-0.25, -0.2) is 23.8 Å². The first kappa shape index (κ1) is 32.5. The summed E-state index contributed by atoms with van der Waals surface area (Å²) in [6, 6.07) is 19.0. The smallest absolute Gasteiger partial charge is 0.425 e. The lowest BCUT2D eigenvalue weighted by Gasteiger charge is -2.29. The number of carbonyl (C=O) groups excluding carboxylic acids is 1. The fourth-order valence-electron chi connectivity index (χ4n) is 5.80. The van der Waals surface area contributed by atoms with Crippen molar-refractivity contribution in [1.29, 1.82) is 0 Å². The summed E-state index contributed by atoms with van der Waals surface area (Å²) in [5, 5.41) is 7.34. The zero-order valence-corrected chi connectivity index (χ0v) is 27.4. The molecular formula is C36H38FN7O4. The topological polar surface area (TPSA) is 107 Å². The fourth-order valence-corrected chi connectivity index (χ4v) is 5.80. The first-order valence-corrected chi connectivity index (χ1v) is 15.8. The molecule has 0 spiro atoms. The molecule has 11 nitrogen and oxygen atoms in total. The number of amides is 1. The van der Waals surface area contributed by atoms with E-state index in [9.17, 15) is 4.79 Å². The van der Waals surface area contributed by atoms with Crippen molar-refractivity contribution in [3.8, 4) is 22.9 Å². The predicted octanol–water partition coefficient (Wildman–Crippen LogP) is 7.23. The van der Waals surface area contributed by atoms with Crippen LogP contribution in [0.5, 0.6) is 17.2 Å². The molecule has 0 bridgehead atoms. The van der Waals surface area contributed by atoms with Gasteiger partial charge in [-0.3, -0.25) is 0 Å². The Kier molecular flexibility index (Phi) is 9.81. The maximum absolute atomic E-state index is 15.1. The monoisotopic (exact) mass is 651 g/mol. The highest BCUT2D eigenvalue weighted by Crippen LogP contribution is 2.37. The fraction of sp³-hybridized carbons (Fsp3) is 0.278. The van der Waals surface area contributed by atoms with Crippen molar-refractivity contribution in [2.75, 3.05) is 44.1 Å². The summed E-state index contributed by atoms with van der Waals surface area (Å²) < 4.78 is 34.3. The van der Waals surface area contributed by atoms with Gasteiger partial charge in [0, 0.05) is 54.9 Å². The molecule has 1 N–H and O–H groups in total. The number of para-hydroxylation sites is 1. The summed E-state index contributed by atoms with van der Waals surface area (Å²) >= 11 is 0. The third-order valence-electron chi connectivity index (χ3n) is 8.21. The lowest BCUT2D eigenvalue weighted by molar-refractivity contribution is 0.147. The largest absolute Gasteiger partial charge is 0.494 e. The van der Waals surface area contributed by atoms with Crippen molar-refractivity contribution in [1.82, 2.24) is 24.6 Å². The summed E-state index contributed by atoms with van der Waals surface area (Å²) in [6.45, 7) is 6.21. The number of methoxy groups -OCH3 is 1. The molecule has 48 heavy (non-hydrogen) atoms. The maximum atomic E-state index is 15.1. The molecule has 1 saturated heterocycles. The third kappa shape index (κ3) is 7.39. The number of benzene rings is 3. The van der Waals surface area contributed by atoms with E-state index in [1.165, 1.54) is 24.3 Å². The molecule has 248 valence electrons. The van der Waals surface area contributed by atoms with Crippen LogP contribution < -0.4 is 24.4 Å². The van der Waals surface area contributed by atoms with E-state index < -0.39 is 11.9 Å². The van der Waals surface area contributed by atoms with Crippen LogP contribution in [0.3, 0.4) is 0 Å². The van der Waals surface area contributed by atoms with E-state index >= 15 is 4.39 Å². The molecule has 1 aliphatic rings. The predicted molar refractivity (Wildman–Crippen MR) is 182 cm³/mol. The zero-order valence-electron chi connectivity index (χ0n) is 27.4. The van der Waals surface area contributed by atoms with E-state index in [1.54, 1.807) is 47.4 Å². The molecule has 1 fully saturated rings. The number of carbonyl (C=O) groups is 1. The molecule has 1 aliphatic heterocycles. The summed E-state index contributed by atoms with van der Waals surface area (Å²) in [6.07, 6.45) is 6.45. The van der Waals surface area contributed by atoms with Gasteiger partial charge in [-0.05, 0) is 81.7 Å². The number of anilines is 4. The molecule has 3 heterocycles. The van der Waals surface area contributed by atoms with Crippen molar-refractivity contribution in [3.05, 3.63) is 102 Å². The average Bonchev–Trinajstić information content (AvgIpc) is 3.62. The minimum absolute atomic E-state index is 0.141. The normalized spacial score (nSPS) is 14.7. The highest BCUT2D eigenvalue weighted by molar-refractivity contribution is 5.98. The van der Waals surface area contributed by atoms with Crippen LogP contribution >= 0.6 is 0 Å². The van der Waals surface area contributed by atoms with Crippen LogP contribution in [0.2, 0.25) is 0 Å². The molecule has 2 aromatic heterocycles. The third-order valence-corrected chi connectivity index (χ3v) is 8.21. The van der Waals surface area contributed by atoms with Crippen LogP contribution in [0.4, 0.5) is 32.3 Å². The molecule has 1 unspecified atom stereocenters. The van der Waals surface area contributed by atoms with Gasteiger partial charge in [0.05, 0.1) is 25.1 Å². The number of likely N-dealkylation sites (tertiary alicyclic amines) is 1. The summed E-state index contributed by atoms with van der Waals surface area (Å²) in [5.41, 5.74) is 3.13. The van der Waals surface area contributed by atoms with Gasteiger partial charge < -0.3 is 24.4 Å². The number of nitrogens with one attached hydrogen (secondary N) is 1. The van der Waals surface area contributed by atoms with Gasteiger partial charge in [-0.2, -0.15) is 10.1 Å². The number of hydrogen-bond donors (Lipinski definition) is 1. The molecule has 0 radical (unpaired) electrons. The van der Waals surface area contributed by atoms with E-state index in [-0.39, 0.29) is 17.5 Å². The molecule has 1 amide bonds. The average molecular weight is 652 g/mol. The molecule has 6 rings (SSSR count). The minimum atomic E-state index is -0.709. The van der Waals surface area contributed by atoms with Gasteiger partial charge in [0.15, 0.2) is 11.6 Å². The van der Waals surface area contributed by atoms with Crippen LogP contribution in [0.25, 0.3) is 5.69 Å². The van der Waals surface area contributed by atoms with Crippen molar-refractivity contribution < 1.29 is 23.4 Å². The van der Waals surface area contributed by atoms with Gasteiger partial charge >= 0.3 is 6.09 Å². The molecule has 5 aromatic rings. The van der Waals surface area contributed by atoms with E-state index in [4.69, 9.17) is 14.2 Å². The Morgan fingerprint density at radius 2 is 1.88 bits per heavy atom. The summed E-state index contributed by atoms with van der Waals surface area (Å²) in [5.74, 6) is 1.22. The second-order valence-electron chi connectivity index (χ2n) is 11.8. The quantitative estimate of drug-likeness (QED) is 0.167. The van der Waals surface area contributed by atoms with Gasteiger partial charge in [0.2, 0.25) is 5.95 Å². The van der Waals surface area contributed by atoms with E-state index in [2.05, 4.69) is 32.3 Å². The first-order valence-electron chi connectivity index (χ1n) is 15.8. The Hall–Kier alpha value is -5.49. The zero-order chi connectivity index (χ0) is 33.6. The molecule has 3 aromatic carbocycles. The van der Waals surface area contributed by atoms with Crippen molar-refractivity contribution in [2.24, 2.45) is 5.92 Å². The number of aromatic nitrogens is 4. The number of rotatable bonds is 10. The minimum Gasteiger partial charge on any atom is -0.494 e. The highest BCUT2D eigenvalue weighted by atomic mass is 19.1. The molecule has 0 saturated carbocycles. The Morgan fingerprint density at radius 3 is 2.60 bits per heavy atom. The molecule has 1 atom stereocenters. The second-order valence-corrected chi connectivity index (χ2v) is 11.8. The van der Waals surface area contributed by atoms with Crippen LogP contribution in [0, 0.1) is 25.6 Å². The maximum Gasteiger partial charge on any atom is 0.425 e. The lowest BCUT2D eigenvalue weighted by atomic mass is 10.00. The standard InChI is InChI=1S/C36H38FN7O4/c1-24-8-5-9-25(2)34(24)48-36(45)44(30-13-12-28(21-32(30)46-4)43-19-7-16-39-43)33-15-17-38-35(41-33)40-27-11-14-31(29(37)20-27)47-23-26-10-6-18-42(3)22-26/h5,7-9,11-17,19-21,26H,6,10,18,22-23H2,1-4H3,(H,38,40,41). The van der Waals surface area contributed by atoms with Crippen molar-refractivity contribution in [2.45, 2.75) is 26.7 Å². The number of aryl methyl sites for hydroxylation is 2. The van der Waals surface area contributed by atoms with Crippen LogP contribution in [0.1, 0.15) is 24.0 Å². The SMILES string of the molecule is COc1cc(-n2cccn2)ccc1N(C(=O)Oc1c(C)cccc1C)c1ccnc(Nc2ccc(OCC3CCCN(C)C3)c(F)c2)n1. The van der Waals surface area contributed by atoms with Crippen LogP contribution in [0.15, 0.2) is 85.3 Å². The summed E-state index contributed by atoms with van der Waals surface area (Å²) in [7, 11) is 3.61. The van der Waals surface area contributed by atoms with Crippen molar-refractivity contribution >= 4 is 29.2 Å². The van der Waals surface area contributed by atoms with Gasteiger partial charge in [0.1, 0.15) is 17.3 Å². The number of nitrogens with zero attached hydrogens (tertiary/aromatic N) is 6. The Balaban J connectivity index is 1.28. The highest BCUT2D eigenvalue weighted by Gasteiger charge is 2.27. The van der Waals surface area contributed by atoms with Crippen LogP contribution in [-0.4, -0.2) is 64.6 Å². The molecule has 0 aliphatic carbocycles. The van der Waals surface area contributed by atoms with Gasteiger partial charge in [-0.15, -0.1) is 0 Å². The van der Waals surface area contributed by atoms with Gasteiger partial charge in [0.25, 0.3) is 0 Å². The van der Waals surface area contributed by atoms with Crippen LogP contribution in [-0.2, 0) is 0 Å². The van der Waals surface area contributed by atoms with Gasteiger partial charge in [-0.1, -0.05) is 18.2 Å². The molecule has 12 heteroatoms. The number of halogens is 1. The molecular weight excluding hydrogens is 613 g/mol. The lowest BCUT2D eigenvalue weighted by Crippen LogP contribution is -2.34. The second kappa shape index (κ2) is 14.5. The Labute approximate surface area is 278 Å². The number of hydrogen-bond acceptors (Lipinski definition) is 9. The number of ether oxygens (including phenoxy) is 3. The van der Waals surface area contributed by atoms with E-state index in [1.807, 2.05) is 44.2 Å². The van der Waals surface area contributed by atoms with E-state index in [0.29, 0.717) is 35.4 Å². The first-order chi connectivity index (χ1) is 23.3. The Morgan fingerprint density at radius 1 is 1.04 bits per heavy atom. The Bertz CT molecular complexity index is 1860. The van der Waals surface area contributed by atoms with Crippen molar-refractivity contribution in [3.63, 3.8) is 0 Å². The summed E-state index contributed by atoms with van der Waals surface area (Å²) in [4.78, 5) is 26.6. The van der Waals surface area contributed by atoms with E-state index in [0.717, 1.165) is 42.7 Å².